The molecular formula is C19H28ClN3O4S. The summed E-state index contributed by atoms with van der Waals surface area (Å²) in [7, 11) is -2.26. The molecule has 156 valence electrons. The molecule has 0 aromatic heterocycles. The molecule has 1 saturated carbocycles. The van der Waals surface area contributed by atoms with Crippen LogP contribution in [0, 0.1) is 5.41 Å². The quantitative estimate of drug-likeness (QED) is 0.744. The molecular weight excluding hydrogens is 402 g/mol. The van der Waals surface area contributed by atoms with E-state index in [2.05, 4.69) is 10.0 Å². The summed E-state index contributed by atoms with van der Waals surface area (Å²) in [5.41, 5.74) is 0.729. The van der Waals surface area contributed by atoms with E-state index in [0.29, 0.717) is 11.0 Å². The number of amides is 1. The van der Waals surface area contributed by atoms with Crippen LogP contribution in [-0.2, 0) is 10.0 Å². The minimum absolute atomic E-state index is 0. The summed E-state index contributed by atoms with van der Waals surface area (Å²) >= 11 is 0. The Balaban J connectivity index is 0.00000225. The van der Waals surface area contributed by atoms with Crippen LogP contribution in [0.1, 0.15) is 42.5 Å². The maximum absolute atomic E-state index is 13.0. The maximum Gasteiger partial charge on any atom is 0.253 e. The van der Waals surface area contributed by atoms with Crippen LogP contribution in [0.4, 0.5) is 0 Å². The van der Waals surface area contributed by atoms with Crippen molar-refractivity contribution in [2.24, 2.45) is 5.41 Å². The van der Waals surface area contributed by atoms with Gasteiger partial charge in [0.1, 0.15) is 10.6 Å². The van der Waals surface area contributed by atoms with Gasteiger partial charge in [0.2, 0.25) is 10.0 Å². The number of carbonyl (C=O) groups is 1. The predicted molar refractivity (Wildman–Crippen MR) is 109 cm³/mol. The van der Waals surface area contributed by atoms with Gasteiger partial charge in [0, 0.05) is 31.2 Å². The van der Waals surface area contributed by atoms with Gasteiger partial charge in [-0.1, -0.05) is 0 Å². The number of halogens is 1. The third kappa shape index (κ3) is 4.30. The van der Waals surface area contributed by atoms with E-state index >= 15 is 0 Å². The molecule has 2 N–H and O–H groups in total. The van der Waals surface area contributed by atoms with Crippen LogP contribution < -0.4 is 14.8 Å². The second kappa shape index (κ2) is 8.18. The van der Waals surface area contributed by atoms with Crippen molar-refractivity contribution in [3.63, 3.8) is 0 Å². The summed E-state index contributed by atoms with van der Waals surface area (Å²) in [5.74, 6) is 0.149. The molecule has 0 bridgehead atoms. The molecule has 1 spiro atoms. The van der Waals surface area contributed by atoms with Crippen molar-refractivity contribution in [2.75, 3.05) is 33.3 Å². The third-order valence-corrected chi connectivity index (χ3v) is 7.58. The summed E-state index contributed by atoms with van der Waals surface area (Å²) in [6.07, 6.45) is 4.87. The Labute approximate surface area is 172 Å². The Bertz CT molecular complexity index is 826. The fourth-order valence-electron chi connectivity index (χ4n) is 4.09. The zero-order valence-electron chi connectivity index (χ0n) is 16.1. The molecule has 3 fully saturated rings. The van der Waals surface area contributed by atoms with Crippen LogP contribution in [0.15, 0.2) is 23.1 Å². The minimum Gasteiger partial charge on any atom is -0.495 e. The summed E-state index contributed by atoms with van der Waals surface area (Å²) < 4.78 is 33.2. The number of likely N-dealkylation sites (tertiary alicyclic amines) is 1. The first kappa shape index (κ1) is 21.4. The van der Waals surface area contributed by atoms with Crippen molar-refractivity contribution >= 4 is 28.3 Å². The van der Waals surface area contributed by atoms with E-state index in [1.807, 2.05) is 4.90 Å². The van der Waals surface area contributed by atoms with E-state index in [4.69, 9.17) is 4.74 Å². The van der Waals surface area contributed by atoms with Gasteiger partial charge < -0.3 is 15.0 Å². The standard InChI is InChI=1S/C19H27N3O4S.ClH/c1-26-16-5-2-14(12-17(16)27(24,25)21-15-3-4-15)18(23)22-10-7-19(8-11-22)6-9-20-13-19;/h2,5,12,15,20-21H,3-4,6-11,13H2,1H3;1H. The summed E-state index contributed by atoms with van der Waals surface area (Å²) in [6.45, 7) is 3.53. The molecule has 1 aromatic rings. The van der Waals surface area contributed by atoms with Gasteiger partial charge in [0.25, 0.3) is 5.91 Å². The smallest absolute Gasteiger partial charge is 0.253 e. The summed E-state index contributed by atoms with van der Waals surface area (Å²) in [4.78, 5) is 14.9. The first-order chi connectivity index (χ1) is 12.9. The van der Waals surface area contributed by atoms with Gasteiger partial charge in [-0.2, -0.15) is 0 Å². The average Bonchev–Trinajstić information content (AvgIpc) is 3.37. The Morgan fingerprint density at radius 1 is 1.25 bits per heavy atom. The van der Waals surface area contributed by atoms with Crippen LogP contribution in [-0.4, -0.2) is 58.6 Å². The monoisotopic (exact) mass is 429 g/mol. The van der Waals surface area contributed by atoms with Crippen LogP contribution in [0.2, 0.25) is 0 Å². The van der Waals surface area contributed by atoms with E-state index in [0.717, 1.165) is 51.9 Å². The number of nitrogens with one attached hydrogen (secondary N) is 2. The molecule has 7 nitrogen and oxygen atoms in total. The van der Waals surface area contributed by atoms with Gasteiger partial charge in [0.15, 0.2) is 0 Å². The molecule has 3 aliphatic rings. The van der Waals surface area contributed by atoms with E-state index in [9.17, 15) is 13.2 Å². The molecule has 2 aliphatic heterocycles. The SMILES string of the molecule is COc1ccc(C(=O)N2CCC3(CCNC3)CC2)cc1S(=O)(=O)NC1CC1.Cl. The lowest BCUT2D eigenvalue weighted by molar-refractivity contribution is 0.0607. The van der Waals surface area contributed by atoms with Gasteiger partial charge in [0.05, 0.1) is 7.11 Å². The van der Waals surface area contributed by atoms with Crippen molar-refractivity contribution in [3.8, 4) is 5.75 Å². The van der Waals surface area contributed by atoms with Crippen molar-refractivity contribution in [2.45, 2.75) is 43.0 Å². The van der Waals surface area contributed by atoms with Gasteiger partial charge in [-0.05, 0) is 62.3 Å². The molecule has 1 aliphatic carbocycles. The highest BCUT2D eigenvalue weighted by Crippen LogP contribution is 2.37. The van der Waals surface area contributed by atoms with Crippen LogP contribution in [0.25, 0.3) is 0 Å². The van der Waals surface area contributed by atoms with Gasteiger partial charge in [-0.25, -0.2) is 13.1 Å². The number of piperidine rings is 1. The van der Waals surface area contributed by atoms with E-state index in [1.54, 1.807) is 12.1 Å². The predicted octanol–water partition coefficient (Wildman–Crippen LogP) is 1.77. The highest BCUT2D eigenvalue weighted by molar-refractivity contribution is 7.89. The molecule has 1 amide bonds. The number of rotatable bonds is 5. The number of sulfonamides is 1. The van der Waals surface area contributed by atoms with Crippen molar-refractivity contribution in [1.29, 1.82) is 0 Å². The normalized spacial score (nSPS) is 21.4. The molecule has 2 heterocycles. The Hall–Kier alpha value is -1.35. The van der Waals surface area contributed by atoms with E-state index in [-0.39, 0.29) is 35.0 Å². The van der Waals surface area contributed by atoms with Crippen LogP contribution in [0.3, 0.4) is 0 Å². The lowest BCUT2D eigenvalue weighted by Crippen LogP contribution is -2.44. The highest BCUT2D eigenvalue weighted by atomic mass is 35.5. The zero-order valence-corrected chi connectivity index (χ0v) is 17.7. The Morgan fingerprint density at radius 3 is 2.54 bits per heavy atom. The molecule has 2 saturated heterocycles. The minimum atomic E-state index is -3.70. The topological polar surface area (TPSA) is 87.7 Å². The van der Waals surface area contributed by atoms with Crippen molar-refractivity contribution in [1.82, 2.24) is 14.9 Å². The lowest BCUT2D eigenvalue weighted by Gasteiger charge is -2.39. The molecule has 9 heteroatoms. The fraction of sp³-hybridized carbons (Fsp3) is 0.632. The number of ether oxygens (including phenoxy) is 1. The average molecular weight is 430 g/mol. The highest BCUT2D eigenvalue weighted by Gasteiger charge is 2.38. The molecule has 1 aromatic carbocycles. The van der Waals surface area contributed by atoms with E-state index in [1.165, 1.54) is 19.6 Å². The molecule has 0 radical (unpaired) electrons. The van der Waals surface area contributed by atoms with Gasteiger partial charge in [-0.3, -0.25) is 4.79 Å². The van der Waals surface area contributed by atoms with Crippen molar-refractivity contribution in [3.05, 3.63) is 23.8 Å². The third-order valence-electron chi connectivity index (χ3n) is 6.04. The summed E-state index contributed by atoms with van der Waals surface area (Å²) in [5, 5.41) is 3.42. The second-order valence-electron chi connectivity index (χ2n) is 7.98. The van der Waals surface area contributed by atoms with Crippen LogP contribution >= 0.6 is 12.4 Å². The number of benzene rings is 1. The Kier molecular flexibility index (Phi) is 6.24. The lowest BCUT2D eigenvalue weighted by atomic mass is 9.78. The zero-order chi connectivity index (χ0) is 19.1. The number of hydrogen-bond acceptors (Lipinski definition) is 5. The van der Waals surface area contributed by atoms with Gasteiger partial charge >= 0.3 is 0 Å². The number of methoxy groups -OCH3 is 1. The number of carbonyl (C=O) groups excluding carboxylic acids is 1. The number of hydrogen-bond donors (Lipinski definition) is 2. The first-order valence-electron chi connectivity index (χ1n) is 9.63. The molecule has 28 heavy (non-hydrogen) atoms. The molecule has 0 unspecified atom stereocenters. The second-order valence-corrected chi connectivity index (χ2v) is 9.66. The fourth-order valence-corrected chi connectivity index (χ4v) is 5.59. The molecule has 4 rings (SSSR count). The van der Waals surface area contributed by atoms with E-state index < -0.39 is 10.0 Å². The van der Waals surface area contributed by atoms with Gasteiger partial charge in [-0.15, -0.1) is 12.4 Å². The first-order valence-corrected chi connectivity index (χ1v) is 11.1. The summed E-state index contributed by atoms with van der Waals surface area (Å²) in [6, 6.07) is 4.67. The maximum atomic E-state index is 13.0. The number of nitrogens with zero attached hydrogens (tertiary/aromatic N) is 1. The van der Waals surface area contributed by atoms with Crippen molar-refractivity contribution < 1.29 is 17.9 Å². The van der Waals surface area contributed by atoms with Crippen LogP contribution in [0.5, 0.6) is 5.75 Å². The largest absolute Gasteiger partial charge is 0.495 e. The molecule has 0 atom stereocenters. The Morgan fingerprint density at radius 2 is 1.96 bits per heavy atom.